The second-order valence-electron chi connectivity index (χ2n) is 5.85. The van der Waals surface area contributed by atoms with Crippen LogP contribution in [0.2, 0.25) is 0 Å². The van der Waals surface area contributed by atoms with Gasteiger partial charge in [0.1, 0.15) is 11.6 Å². The van der Waals surface area contributed by atoms with Crippen molar-refractivity contribution in [3.05, 3.63) is 47.5 Å². The van der Waals surface area contributed by atoms with Gasteiger partial charge in [0.25, 0.3) is 0 Å². The molecule has 0 spiro atoms. The van der Waals surface area contributed by atoms with Crippen molar-refractivity contribution in [3.8, 4) is 0 Å². The molecule has 2 aliphatic rings. The Kier molecular flexibility index (Phi) is 3.40. The van der Waals surface area contributed by atoms with E-state index in [1.54, 1.807) is 0 Å². The van der Waals surface area contributed by atoms with Gasteiger partial charge in [-0.05, 0) is 55.7 Å². The number of allylic oxidation sites excluding steroid dienone is 2. The summed E-state index contributed by atoms with van der Waals surface area (Å²) in [6.45, 7) is 2.54. The Balaban J connectivity index is 1.60. The van der Waals surface area contributed by atoms with E-state index in [1.807, 2.05) is 0 Å². The standard InChI is InChI=1S/C16H19F2N/c1-10(15-7-11-2-3-12(15)6-11)19-9-13-8-14(17)4-5-16(13)18/h2-5,8,10-12,15,19H,6-7,9H2,1H3. The number of rotatable bonds is 4. The molecule has 2 aliphatic carbocycles. The van der Waals surface area contributed by atoms with E-state index < -0.39 is 0 Å². The average Bonchev–Trinajstić information content (AvgIpc) is 3.02. The first-order chi connectivity index (χ1) is 9.13. The summed E-state index contributed by atoms with van der Waals surface area (Å²) >= 11 is 0. The van der Waals surface area contributed by atoms with Gasteiger partial charge in [0, 0.05) is 18.2 Å². The molecule has 0 heterocycles. The van der Waals surface area contributed by atoms with E-state index in [1.165, 1.54) is 25.0 Å². The fraction of sp³-hybridized carbons (Fsp3) is 0.500. The summed E-state index contributed by atoms with van der Waals surface area (Å²) in [6, 6.07) is 3.96. The quantitative estimate of drug-likeness (QED) is 0.818. The van der Waals surface area contributed by atoms with E-state index in [-0.39, 0.29) is 11.6 Å². The maximum Gasteiger partial charge on any atom is 0.127 e. The van der Waals surface area contributed by atoms with Gasteiger partial charge < -0.3 is 5.32 Å². The van der Waals surface area contributed by atoms with Crippen LogP contribution in [0.4, 0.5) is 8.78 Å². The zero-order valence-corrected chi connectivity index (χ0v) is 11.1. The van der Waals surface area contributed by atoms with Crippen molar-refractivity contribution in [2.24, 2.45) is 17.8 Å². The third-order valence-corrected chi connectivity index (χ3v) is 4.59. The molecule has 102 valence electrons. The summed E-state index contributed by atoms with van der Waals surface area (Å²) < 4.78 is 26.6. The zero-order valence-electron chi connectivity index (χ0n) is 11.1. The van der Waals surface area contributed by atoms with Crippen molar-refractivity contribution >= 4 is 0 Å². The van der Waals surface area contributed by atoms with Gasteiger partial charge in [-0.15, -0.1) is 0 Å². The molecular formula is C16H19F2N. The molecule has 4 atom stereocenters. The van der Waals surface area contributed by atoms with Crippen molar-refractivity contribution < 1.29 is 8.78 Å². The van der Waals surface area contributed by atoms with Crippen LogP contribution in [0.1, 0.15) is 25.3 Å². The first-order valence-corrected chi connectivity index (χ1v) is 6.99. The summed E-state index contributed by atoms with van der Waals surface area (Å²) in [4.78, 5) is 0. The molecule has 1 aromatic rings. The van der Waals surface area contributed by atoms with E-state index >= 15 is 0 Å². The minimum atomic E-state index is -0.381. The highest BCUT2D eigenvalue weighted by atomic mass is 19.1. The SMILES string of the molecule is CC(NCc1cc(F)ccc1F)C1CC2C=CC1C2. The Bertz CT molecular complexity index is 498. The van der Waals surface area contributed by atoms with Crippen LogP contribution in [-0.4, -0.2) is 6.04 Å². The van der Waals surface area contributed by atoms with Gasteiger partial charge in [-0.25, -0.2) is 8.78 Å². The summed E-state index contributed by atoms with van der Waals surface area (Å²) in [5, 5.41) is 3.35. The van der Waals surface area contributed by atoms with Crippen LogP contribution in [0.25, 0.3) is 0 Å². The average molecular weight is 263 g/mol. The zero-order chi connectivity index (χ0) is 13.4. The third kappa shape index (κ3) is 2.57. The maximum atomic E-state index is 13.5. The first kappa shape index (κ1) is 12.8. The second kappa shape index (κ2) is 5.04. The van der Waals surface area contributed by atoms with E-state index in [0.717, 1.165) is 12.0 Å². The Hall–Kier alpha value is -1.22. The van der Waals surface area contributed by atoms with E-state index in [0.29, 0.717) is 30.0 Å². The summed E-state index contributed by atoms with van der Waals surface area (Å²) in [5.74, 6) is 1.32. The lowest BCUT2D eigenvalue weighted by Crippen LogP contribution is -2.35. The maximum absolute atomic E-state index is 13.5. The van der Waals surface area contributed by atoms with Crippen LogP contribution in [-0.2, 0) is 6.54 Å². The van der Waals surface area contributed by atoms with Crippen molar-refractivity contribution in [3.63, 3.8) is 0 Å². The monoisotopic (exact) mass is 263 g/mol. The van der Waals surface area contributed by atoms with Crippen LogP contribution in [0.5, 0.6) is 0 Å². The van der Waals surface area contributed by atoms with E-state index in [9.17, 15) is 8.78 Å². The highest BCUT2D eigenvalue weighted by Gasteiger charge is 2.38. The molecule has 0 aromatic heterocycles. The molecule has 19 heavy (non-hydrogen) atoms. The van der Waals surface area contributed by atoms with Crippen LogP contribution < -0.4 is 5.32 Å². The lowest BCUT2D eigenvalue weighted by Gasteiger charge is -2.26. The van der Waals surface area contributed by atoms with Crippen LogP contribution in [0.15, 0.2) is 30.4 Å². The van der Waals surface area contributed by atoms with Crippen molar-refractivity contribution in [2.75, 3.05) is 0 Å². The number of fused-ring (bicyclic) bond motifs is 2. The van der Waals surface area contributed by atoms with Gasteiger partial charge in [0.2, 0.25) is 0 Å². The first-order valence-electron chi connectivity index (χ1n) is 6.99. The fourth-order valence-corrected chi connectivity index (χ4v) is 3.50. The molecular weight excluding hydrogens is 244 g/mol. The third-order valence-electron chi connectivity index (χ3n) is 4.59. The highest BCUT2D eigenvalue weighted by Crippen LogP contribution is 2.44. The van der Waals surface area contributed by atoms with Crippen molar-refractivity contribution in [1.82, 2.24) is 5.32 Å². The number of nitrogens with one attached hydrogen (secondary N) is 1. The molecule has 3 heteroatoms. The molecule has 1 saturated carbocycles. The molecule has 1 fully saturated rings. The summed E-state index contributed by atoms with van der Waals surface area (Å²) in [5.41, 5.74) is 0.408. The number of hydrogen-bond donors (Lipinski definition) is 1. The van der Waals surface area contributed by atoms with E-state index in [2.05, 4.69) is 24.4 Å². The number of halogens is 2. The predicted octanol–water partition coefficient (Wildman–Crippen LogP) is 3.66. The second-order valence-corrected chi connectivity index (χ2v) is 5.85. The van der Waals surface area contributed by atoms with Crippen LogP contribution in [0, 0.1) is 29.4 Å². The fourth-order valence-electron chi connectivity index (χ4n) is 3.50. The molecule has 0 radical (unpaired) electrons. The normalized spacial score (nSPS) is 29.9. The van der Waals surface area contributed by atoms with Crippen molar-refractivity contribution in [2.45, 2.75) is 32.4 Å². The minimum absolute atomic E-state index is 0.336. The van der Waals surface area contributed by atoms with Gasteiger partial charge in [0.05, 0.1) is 0 Å². The summed E-state index contributed by atoms with van der Waals surface area (Å²) in [6.07, 6.45) is 7.13. The Morgan fingerprint density at radius 1 is 1.26 bits per heavy atom. The molecule has 2 bridgehead atoms. The molecule has 4 unspecified atom stereocenters. The molecule has 1 nitrogen and oxygen atoms in total. The van der Waals surface area contributed by atoms with Crippen molar-refractivity contribution in [1.29, 1.82) is 0 Å². The molecule has 0 aliphatic heterocycles. The highest BCUT2D eigenvalue weighted by molar-refractivity contribution is 5.19. The van der Waals surface area contributed by atoms with Crippen LogP contribution in [0.3, 0.4) is 0 Å². The number of hydrogen-bond acceptors (Lipinski definition) is 1. The van der Waals surface area contributed by atoms with Gasteiger partial charge in [-0.1, -0.05) is 12.2 Å². The largest absolute Gasteiger partial charge is 0.310 e. The molecule has 1 N–H and O–H groups in total. The van der Waals surface area contributed by atoms with Gasteiger partial charge >= 0.3 is 0 Å². The Morgan fingerprint density at radius 3 is 2.79 bits per heavy atom. The lowest BCUT2D eigenvalue weighted by molar-refractivity contribution is 0.325. The Morgan fingerprint density at radius 2 is 2.11 bits per heavy atom. The number of benzene rings is 1. The minimum Gasteiger partial charge on any atom is -0.310 e. The van der Waals surface area contributed by atoms with Gasteiger partial charge in [0.15, 0.2) is 0 Å². The lowest BCUT2D eigenvalue weighted by atomic mass is 9.87. The van der Waals surface area contributed by atoms with Gasteiger partial charge in [-0.3, -0.25) is 0 Å². The molecule has 1 aromatic carbocycles. The Labute approximate surface area is 112 Å². The smallest absolute Gasteiger partial charge is 0.127 e. The molecule has 3 rings (SSSR count). The van der Waals surface area contributed by atoms with Gasteiger partial charge in [-0.2, -0.15) is 0 Å². The topological polar surface area (TPSA) is 12.0 Å². The molecule has 0 amide bonds. The van der Waals surface area contributed by atoms with E-state index in [4.69, 9.17) is 0 Å². The molecule has 0 saturated heterocycles. The summed E-state index contributed by atoms with van der Waals surface area (Å²) in [7, 11) is 0. The van der Waals surface area contributed by atoms with Crippen LogP contribution >= 0.6 is 0 Å². The predicted molar refractivity (Wildman–Crippen MR) is 71.5 cm³/mol.